The minimum atomic E-state index is 0.245. The summed E-state index contributed by atoms with van der Waals surface area (Å²) in [5.41, 5.74) is 3.68. The van der Waals surface area contributed by atoms with Gasteiger partial charge in [0.25, 0.3) is 0 Å². The average molecular weight is 194 g/mol. The highest BCUT2D eigenvalue weighted by Crippen LogP contribution is 2.23. The van der Waals surface area contributed by atoms with Gasteiger partial charge in [-0.15, -0.1) is 0 Å². The third-order valence-corrected chi connectivity index (χ3v) is 2.52. The standard InChI is InChI=1S/C12H18O2/c1-9-7-11(5-4-6-13)8-12(14-3)10(9)2/h7-8,13H,4-6H2,1-3H3. The molecule has 0 fully saturated rings. The maximum atomic E-state index is 8.75. The van der Waals surface area contributed by atoms with Gasteiger partial charge in [0, 0.05) is 6.61 Å². The number of rotatable bonds is 4. The molecule has 1 aromatic carbocycles. The molecule has 0 aromatic heterocycles. The Bertz CT molecular complexity index is 305. The second-order valence-electron chi connectivity index (χ2n) is 3.57. The van der Waals surface area contributed by atoms with E-state index >= 15 is 0 Å². The summed E-state index contributed by atoms with van der Waals surface area (Å²) in [6.07, 6.45) is 1.72. The van der Waals surface area contributed by atoms with Crippen molar-refractivity contribution in [3.8, 4) is 5.75 Å². The summed E-state index contributed by atoms with van der Waals surface area (Å²) in [5, 5.41) is 8.75. The van der Waals surface area contributed by atoms with E-state index in [2.05, 4.69) is 26.0 Å². The van der Waals surface area contributed by atoms with E-state index in [9.17, 15) is 0 Å². The van der Waals surface area contributed by atoms with Gasteiger partial charge in [0.1, 0.15) is 5.75 Å². The van der Waals surface area contributed by atoms with Crippen LogP contribution in [0.4, 0.5) is 0 Å². The second kappa shape index (κ2) is 5.01. The number of aliphatic hydroxyl groups is 1. The SMILES string of the molecule is COc1cc(CCCO)cc(C)c1C. The number of hydrogen-bond donors (Lipinski definition) is 1. The fourth-order valence-corrected chi connectivity index (χ4v) is 1.54. The van der Waals surface area contributed by atoms with Crippen molar-refractivity contribution in [2.24, 2.45) is 0 Å². The zero-order valence-corrected chi connectivity index (χ0v) is 9.13. The Labute approximate surface area is 85.5 Å². The highest BCUT2D eigenvalue weighted by Gasteiger charge is 2.04. The topological polar surface area (TPSA) is 29.5 Å². The van der Waals surface area contributed by atoms with E-state index in [1.807, 2.05) is 0 Å². The van der Waals surface area contributed by atoms with Crippen molar-refractivity contribution >= 4 is 0 Å². The van der Waals surface area contributed by atoms with Gasteiger partial charge in [0.05, 0.1) is 7.11 Å². The van der Waals surface area contributed by atoms with Crippen LogP contribution in [0.1, 0.15) is 23.1 Å². The number of methoxy groups -OCH3 is 1. The fraction of sp³-hybridized carbons (Fsp3) is 0.500. The number of aliphatic hydroxyl groups excluding tert-OH is 1. The first-order valence-corrected chi connectivity index (χ1v) is 4.94. The molecule has 2 heteroatoms. The Morgan fingerprint density at radius 3 is 2.57 bits per heavy atom. The van der Waals surface area contributed by atoms with Gasteiger partial charge in [-0.1, -0.05) is 6.07 Å². The van der Waals surface area contributed by atoms with Crippen LogP contribution in [0.5, 0.6) is 5.75 Å². The Kier molecular flexibility index (Phi) is 3.96. The van der Waals surface area contributed by atoms with Gasteiger partial charge in [0.15, 0.2) is 0 Å². The second-order valence-corrected chi connectivity index (χ2v) is 3.57. The summed E-state index contributed by atoms with van der Waals surface area (Å²) < 4.78 is 5.28. The van der Waals surface area contributed by atoms with E-state index in [4.69, 9.17) is 9.84 Å². The van der Waals surface area contributed by atoms with Crippen LogP contribution in [0.15, 0.2) is 12.1 Å². The van der Waals surface area contributed by atoms with Crippen LogP contribution < -0.4 is 4.74 Å². The molecule has 78 valence electrons. The lowest BCUT2D eigenvalue weighted by Crippen LogP contribution is -1.95. The maximum absolute atomic E-state index is 8.75. The molecule has 0 atom stereocenters. The normalized spacial score (nSPS) is 10.3. The predicted molar refractivity (Wildman–Crippen MR) is 57.9 cm³/mol. The lowest BCUT2D eigenvalue weighted by molar-refractivity contribution is 0.288. The molecule has 1 aromatic rings. The molecule has 2 nitrogen and oxygen atoms in total. The summed E-state index contributed by atoms with van der Waals surface area (Å²) in [7, 11) is 1.69. The highest BCUT2D eigenvalue weighted by atomic mass is 16.5. The monoisotopic (exact) mass is 194 g/mol. The third kappa shape index (κ3) is 2.48. The first-order valence-electron chi connectivity index (χ1n) is 4.94. The summed E-state index contributed by atoms with van der Waals surface area (Å²) in [5.74, 6) is 0.943. The molecule has 1 N–H and O–H groups in total. The van der Waals surface area contributed by atoms with Crippen LogP contribution in [0.25, 0.3) is 0 Å². The van der Waals surface area contributed by atoms with E-state index in [1.165, 1.54) is 16.7 Å². The molecule has 0 amide bonds. The molecule has 0 saturated carbocycles. The van der Waals surface area contributed by atoms with Crippen molar-refractivity contribution in [3.63, 3.8) is 0 Å². The van der Waals surface area contributed by atoms with Gasteiger partial charge in [-0.05, 0) is 49.4 Å². The van der Waals surface area contributed by atoms with Crippen molar-refractivity contribution in [3.05, 3.63) is 28.8 Å². The highest BCUT2D eigenvalue weighted by molar-refractivity contribution is 5.42. The van der Waals surface area contributed by atoms with Gasteiger partial charge < -0.3 is 9.84 Å². The molecule has 0 aliphatic heterocycles. The number of aryl methyl sites for hydroxylation is 2. The number of hydrogen-bond acceptors (Lipinski definition) is 2. The van der Waals surface area contributed by atoms with Gasteiger partial charge >= 0.3 is 0 Å². The quantitative estimate of drug-likeness (QED) is 0.796. The fourth-order valence-electron chi connectivity index (χ4n) is 1.54. The van der Waals surface area contributed by atoms with E-state index in [-0.39, 0.29) is 6.61 Å². The number of benzene rings is 1. The summed E-state index contributed by atoms with van der Waals surface area (Å²) in [6.45, 7) is 4.39. The Morgan fingerprint density at radius 1 is 1.29 bits per heavy atom. The van der Waals surface area contributed by atoms with Gasteiger partial charge in [-0.3, -0.25) is 0 Å². The van der Waals surface area contributed by atoms with Gasteiger partial charge in [-0.25, -0.2) is 0 Å². The molecule has 0 spiro atoms. The molecule has 0 radical (unpaired) electrons. The van der Waals surface area contributed by atoms with Gasteiger partial charge in [-0.2, -0.15) is 0 Å². The molecule has 0 heterocycles. The molecule has 0 aliphatic rings. The lowest BCUT2D eigenvalue weighted by atomic mass is 10.0. The summed E-state index contributed by atoms with van der Waals surface area (Å²) in [6, 6.07) is 4.21. The van der Waals surface area contributed by atoms with Crippen molar-refractivity contribution in [2.45, 2.75) is 26.7 Å². The van der Waals surface area contributed by atoms with E-state index < -0.39 is 0 Å². The zero-order chi connectivity index (χ0) is 10.6. The van der Waals surface area contributed by atoms with Crippen molar-refractivity contribution in [1.29, 1.82) is 0 Å². The predicted octanol–water partition coefficient (Wildman–Crippen LogP) is 2.24. The van der Waals surface area contributed by atoms with Crippen LogP contribution in [-0.4, -0.2) is 18.8 Å². The molecule has 0 aliphatic carbocycles. The van der Waals surface area contributed by atoms with Crippen LogP contribution in [0.2, 0.25) is 0 Å². The third-order valence-electron chi connectivity index (χ3n) is 2.52. The van der Waals surface area contributed by atoms with Crippen molar-refractivity contribution in [2.75, 3.05) is 13.7 Å². The molecule has 0 unspecified atom stereocenters. The molecular formula is C12H18O2. The summed E-state index contributed by atoms with van der Waals surface area (Å²) in [4.78, 5) is 0. The molecule has 1 rings (SSSR count). The van der Waals surface area contributed by atoms with Crippen molar-refractivity contribution in [1.82, 2.24) is 0 Å². The van der Waals surface area contributed by atoms with Crippen molar-refractivity contribution < 1.29 is 9.84 Å². The molecule has 14 heavy (non-hydrogen) atoms. The Balaban J connectivity index is 2.91. The lowest BCUT2D eigenvalue weighted by Gasteiger charge is -2.10. The average Bonchev–Trinajstić information content (AvgIpc) is 2.19. The molecule has 0 bridgehead atoms. The van der Waals surface area contributed by atoms with Crippen LogP contribution in [0.3, 0.4) is 0 Å². The van der Waals surface area contributed by atoms with Crippen LogP contribution >= 0.6 is 0 Å². The van der Waals surface area contributed by atoms with E-state index in [0.29, 0.717) is 0 Å². The van der Waals surface area contributed by atoms with E-state index in [1.54, 1.807) is 7.11 Å². The zero-order valence-electron chi connectivity index (χ0n) is 9.13. The van der Waals surface area contributed by atoms with Crippen LogP contribution in [0, 0.1) is 13.8 Å². The Morgan fingerprint density at radius 2 is 2.00 bits per heavy atom. The Hall–Kier alpha value is -1.02. The summed E-state index contributed by atoms with van der Waals surface area (Å²) >= 11 is 0. The minimum Gasteiger partial charge on any atom is -0.496 e. The largest absolute Gasteiger partial charge is 0.496 e. The van der Waals surface area contributed by atoms with Crippen LogP contribution in [-0.2, 0) is 6.42 Å². The van der Waals surface area contributed by atoms with E-state index in [0.717, 1.165) is 18.6 Å². The molecule has 0 saturated heterocycles. The smallest absolute Gasteiger partial charge is 0.122 e. The first-order chi connectivity index (χ1) is 6.69. The number of ether oxygens (including phenoxy) is 1. The minimum absolute atomic E-state index is 0.245. The van der Waals surface area contributed by atoms with Gasteiger partial charge in [0.2, 0.25) is 0 Å². The molecular weight excluding hydrogens is 176 g/mol. The first kappa shape index (κ1) is 11.1. The maximum Gasteiger partial charge on any atom is 0.122 e.